The number of terminal acetylenes is 1. The molecule has 1 N–H and O–H groups in total. The first kappa shape index (κ1) is 80.5. The number of rotatable bonds is 23. The molecule has 0 spiro atoms. The van der Waals surface area contributed by atoms with Gasteiger partial charge in [-0.05, 0) is 157 Å². The summed E-state index contributed by atoms with van der Waals surface area (Å²) in [6.45, 7) is 16.1. The zero-order valence-corrected chi connectivity index (χ0v) is 62.6. The highest BCUT2D eigenvalue weighted by molar-refractivity contribution is 7.53. The van der Waals surface area contributed by atoms with Gasteiger partial charge in [0.1, 0.15) is 59.3 Å². The lowest BCUT2D eigenvalue weighted by Gasteiger charge is -2.40. The molecule has 22 nitrogen and oxygen atoms in total. The molecule has 0 bridgehead atoms. The first-order valence-corrected chi connectivity index (χ1v) is 38.0. The van der Waals surface area contributed by atoms with Crippen LogP contribution in [0.4, 0.5) is 0 Å². The summed E-state index contributed by atoms with van der Waals surface area (Å²) >= 11 is 0. The van der Waals surface area contributed by atoms with Crippen LogP contribution in [-0.2, 0) is 52.2 Å². The number of aromatic nitrogens is 4. The average molecular weight is 1520 g/mol. The maximum atomic E-state index is 15.3. The normalized spacial score (nSPS) is 17.2. The summed E-state index contributed by atoms with van der Waals surface area (Å²) in [5, 5.41) is -0.546. The zero-order valence-electron chi connectivity index (χ0n) is 60.7. The second-order valence-corrected chi connectivity index (χ2v) is 32.3. The van der Waals surface area contributed by atoms with Gasteiger partial charge in [0, 0.05) is 152 Å². The number of methoxy groups -OCH3 is 2. The van der Waals surface area contributed by atoms with Gasteiger partial charge in [0.25, 0.3) is 17.0 Å². The maximum absolute atomic E-state index is 15.3. The third-order valence-corrected chi connectivity index (χ3v) is 23.1. The van der Waals surface area contributed by atoms with E-state index in [0.29, 0.717) is 43.9 Å². The van der Waals surface area contributed by atoms with Crippen LogP contribution in [0.2, 0.25) is 18.1 Å². The molecule has 4 heterocycles. The number of aromatic amines is 1. The largest absolute Gasteiger partial charge is 0.497 e. The lowest BCUT2D eigenvalue weighted by atomic mass is 9.80. The van der Waals surface area contributed by atoms with Crippen molar-refractivity contribution in [2.24, 2.45) is 0 Å². The number of nitrogens with zero attached hydrogens (tertiary/aromatic N) is 3. The summed E-state index contributed by atoms with van der Waals surface area (Å²) in [5.74, 6) is 48.2. The molecule has 4 aromatic carbocycles. The van der Waals surface area contributed by atoms with Crippen LogP contribution in [-0.4, -0.2) is 109 Å². The van der Waals surface area contributed by atoms with Crippen LogP contribution in [0.3, 0.4) is 0 Å². The van der Waals surface area contributed by atoms with Gasteiger partial charge in [-0.2, -0.15) is 4.57 Å². The number of esters is 1. The monoisotopic (exact) mass is 1520 g/mol. The van der Waals surface area contributed by atoms with Crippen LogP contribution in [0.1, 0.15) is 135 Å². The van der Waals surface area contributed by atoms with E-state index in [2.05, 4.69) is 129 Å². The number of nitrogens with one attached hydrogen (secondary N) is 1. The molecule has 0 saturated carbocycles. The fraction of sp³-hybridized carbons (Fsp3) is 0.313. The van der Waals surface area contributed by atoms with Crippen molar-refractivity contribution in [3.05, 3.63) is 190 Å². The van der Waals surface area contributed by atoms with E-state index in [1.165, 1.54) is 43.4 Å². The van der Waals surface area contributed by atoms with E-state index in [1.807, 2.05) is 88.5 Å². The van der Waals surface area contributed by atoms with Crippen molar-refractivity contribution in [1.29, 1.82) is 0 Å². The van der Waals surface area contributed by atoms with Gasteiger partial charge < -0.3 is 51.4 Å². The molecule has 8 atom stereocenters. The summed E-state index contributed by atoms with van der Waals surface area (Å²) in [5.41, 5.74) is -1.85. The number of carbonyl (C=O) groups is 3. The van der Waals surface area contributed by atoms with Crippen molar-refractivity contribution < 1.29 is 97.0 Å². The Hall–Kier alpha value is -12.2. The Labute approximate surface area is 654 Å². The van der Waals surface area contributed by atoms with Gasteiger partial charge in [-0.25, -0.2) is 9.59 Å². The number of Topliss-reactive ketones (excluding diaryl/α,β-unsaturated/α-hetero) is 1. The molecule has 3 unspecified atom stereocenters. The lowest BCUT2D eigenvalue weighted by Crippen LogP contribution is -2.51. The van der Waals surface area contributed by atoms with Crippen molar-refractivity contribution in [2.45, 2.75) is 134 Å². The van der Waals surface area contributed by atoms with Gasteiger partial charge in [-0.15, -0.1) is 6.42 Å². The minimum atomic E-state index is -4.43. The molecular weight excluding hydrogens is 1400 g/mol. The molecule has 24 heteroatoms. The molecule has 2 aliphatic heterocycles. The fourth-order valence-corrected chi connectivity index (χ4v) is 13.2. The van der Waals surface area contributed by atoms with E-state index in [9.17, 15) is 28.8 Å². The third kappa shape index (κ3) is 21.1. The SMILES string of the molecule is C#CC#CC#CC#CC#CC#CC#CC#CC#CC#CC#COc1cc(C(=O)n2c(=O)ccn([C@@H]3O[C@H](COP(C)(=O)OC4C[C@H](n5cc(C)c(=O)[nH]c5=O)O[C@@H]4COC(c4ccccc4)(c4ccc(OC)cc4)c4ccc(OC)cc4)C(OC(=O)CCC(C)=O)[C@@H]3O[Si](C)(C)C(C)(C)C)c2=O)cc(C)c1C.[HH].[HH].[HH].[HH].[HH].[HH].[HH].[HH].[HH].[HH].[HH].[HH].[HH].[HH].[HH].[HH].[HH].[HH].[HH].[HH].[HH].[HH]. The number of carbonyl (C=O) groups excluding carboxylic acids is 3. The number of hydrogen-bond donors (Lipinski definition) is 1. The summed E-state index contributed by atoms with van der Waals surface area (Å²) < 4.78 is 81.4. The summed E-state index contributed by atoms with van der Waals surface area (Å²) in [4.78, 5) is 98.7. The lowest BCUT2D eigenvalue weighted by molar-refractivity contribution is -0.156. The Balaban J connectivity index is -0.000000454. The van der Waals surface area contributed by atoms with Gasteiger partial charge in [0.05, 0.1) is 40.0 Å². The van der Waals surface area contributed by atoms with Gasteiger partial charge in [0.2, 0.25) is 0 Å². The maximum Gasteiger partial charge on any atom is 0.340 e. The summed E-state index contributed by atoms with van der Waals surface area (Å²) in [6.07, 6.45) is -0.229. The van der Waals surface area contributed by atoms with E-state index < -0.39 is 111 Å². The Morgan fingerprint density at radius 3 is 1.75 bits per heavy atom. The Morgan fingerprint density at radius 2 is 1.21 bits per heavy atom. The Morgan fingerprint density at radius 1 is 0.673 bits per heavy atom. The van der Waals surface area contributed by atoms with Gasteiger partial charge in [-0.1, -0.05) is 75.4 Å². The molecule has 107 heavy (non-hydrogen) atoms. The molecule has 0 amide bonds. The van der Waals surface area contributed by atoms with E-state index in [1.54, 1.807) is 52.3 Å². The fourth-order valence-electron chi connectivity index (χ4n) is 10.8. The van der Waals surface area contributed by atoms with E-state index in [0.717, 1.165) is 16.8 Å². The molecule has 6 aromatic rings. The van der Waals surface area contributed by atoms with E-state index in [-0.39, 0.29) is 79.9 Å². The number of H-pyrrole nitrogens is 1. The van der Waals surface area contributed by atoms with Gasteiger partial charge in [-0.3, -0.25) is 37.9 Å². The van der Waals surface area contributed by atoms with Crippen LogP contribution in [0.25, 0.3) is 0 Å². The first-order chi connectivity index (χ1) is 51.1. The molecule has 0 radical (unpaired) electrons. The quantitative estimate of drug-likeness (QED) is 0.0205. The van der Waals surface area contributed by atoms with Crippen LogP contribution in [0, 0.1) is 152 Å². The highest BCUT2D eigenvalue weighted by atomic mass is 31.2. The molecule has 2 saturated heterocycles. The smallest absolute Gasteiger partial charge is 0.340 e. The molecule has 2 aromatic heterocycles. The van der Waals surface area contributed by atoms with Gasteiger partial charge >= 0.3 is 24.9 Å². The molecule has 586 valence electrons. The predicted molar refractivity (Wildman–Crippen MR) is 447 cm³/mol. The minimum Gasteiger partial charge on any atom is -0.497 e. The first-order valence-electron chi connectivity index (χ1n) is 33.1. The third-order valence-electron chi connectivity index (χ3n) is 17.3. The van der Waals surface area contributed by atoms with Gasteiger partial charge in [0.15, 0.2) is 20.6 Å². The number of ether oxygens (including phenoxy) is 7. The van der Waals surface area contributed by atoms with E-state index in [4.69, 9.17) is 53.1 Å². The second kappa shape index (κ2) is 37.0. The molecule has 8 rings (SSSR count). The van der Waals surface area contributed by atoms with Crippen LogP contribution in [0.5, 0.6) is 17.2 Å². The van der Waals surface area contributed by atoms with E-state index >= 15 is 9.36 Å². The number of benzene rings is 4. The van der Waals surface area contributed by atoms with Crippen molar-refractivity contribution in [3.8, 4) is 148 Å². The second-order valence-electron chi connectivity index (χ2n) is 25.6. The Bertz CT molecular complexity index is 5480. The van der Waals surface area contributed by atoms with Crippen molar-refractivity contribution in [2.75, 3.05) is 34.1 Å². The average Bonchev–Trinajstić information content (AvgIpc) is 1.52. The van der Waals surface area contributed by atoms with Crippen LogP contribution in [0.15, 0.2) is 129 Å². The van der Waals surface area contributed by atoms with Crippen LogP contribution < -0.4 is 36.7 Å². The van der Waals surface area contributed by atoms with Crippen molar-refractivity contribution in [1.82, 2.24) is 18.7 Å². The highest BCUT2D eigenvalue weighted by Crippen LogP contribution is 2.51. The van der Waals surface area contributed by atoms with Crippen molar-refractivity contribution in [3.63, 3.8) is 0 Å². The topological polar surface area (TPSA) is 259 Å². The molecule has 2 aliphatic rings. The molecule has 2 fully saturated rings. The summed E-state index contributed by atoms with van der Waals surface area (Å²) in [6, 6.07) is 27.8. The molecular formula is C83H117N4O18PSi. The standard InChI is InChI=1S/C83H73N4O18PSi.22H2/c1-14-15-16-17-18-19-20-21-22-23-24-25-26-27-28-29-30-31-32-36-51-98-68-53-62(52-58(2)61(68)5)78(92)87-72(89)49-50-85(81(87)94)79-76(105-107(12,13)82(6,7)8)75(103-74(90)48-39-60(4)88)71(102-79)57-100-106(11,95)104-69-54-73(86-55-59(3)77(91)84-80(86)93)101-70(69)56-99-83(63-37-34-33-35-38-63,64-40-44-66(96-9)45-41-64)65-42-46-67(97-10)47-43-65;;;;;;;;;;;;;;;;;;;;;;/h1,33-35,37-38,40-47,49-50,52-53,55,69-71,73,75-76,79H,39,48,54,56-57H2,2-13H3,(H,84,91,93);22*1H/t69?,70-,71-,73-,75?,76+,79-,106?;;;;;;;;;;;;;;;;;;;;;;/m1....................../s1. The predicted octanol–water partition coefficient (Wildman–Crippen LogP) is 13.7. The zero-order chi connectivity index (χ0) is 77.5. The van der Waals surface area contributed by atoms with Crippen LogP contribution >= 0.6 is 7.60 Å². The summed E-state index contributed by atoms with van der Waals surface area (Å²) in [7, 11) is -4.37. The van der Waals surface area contributed by atoms with Crippen molar-refractivity contribution >= 4 is 33.6 Å². The minimum absolute atomic E-state index is 0. The number of aryl methyl sites for hydroxylation is 2. The Kier molecular flexibility index (Phi) is 27.8. The number of ketones is 1. The molecule has 0 aliphatic carbocycles. The number of hydrogen-bond acceptors (Lipinski definition) is 18. The highest BCUT2D eigenvalue weighted by Gasteiger charge is 2.54.